The van der Waals surface area contributed by atoms with Crippen molar-refractivity contribution in [3.05, 3.63) is 11.4 Å². The van der Waals surface area contributed by atoms with Crippen LogP contribution in [0.5, 0.6) is 0 Å². The second kappa shape index (κ2) is 3.48. The van der Waals surface area contributed by atoms with E-state index in [-0.39, 0.29) is 0 Å². The summed E-state index contributed by atoms with van der Waals surface area (Å²) >= 11 is 0. The van der Waals surface area contributed by atoms with E-state index in [0.717, 1.165) is 24.2 Å². The molecule has 2 N–H and O–H groups in total. The maximum absolute atomic E-state index is 5.48. The van der Waals surface area contributed by atoms with Crippen LogP contribution in [0, 0.1) is 0 Å². The summed E-state index contributed by atoms with van der Waals surface area (Å²) < 4.78 is 1.80. The molecule has 0 radical (unpaired) electrons. The maximum Gasteiger partial charge on any atom is 0.0994 e. The van der Waals surface area contributed by atoms with E-state index in [1.54, 1.807) is 4.68 Å². The highest BCUT2D eigenvalue weighted by Crippen LogP contribution is 2.05. The highest BCUT2D eigenvalue weighted by atomic mass is 15.4. The smallest absolute Gasteiger partial charge is 0.0994 e. The summed E-state index contributed by atoms with van der Waals surface area (Å²) in [6, 6.07) is 0. The van der Waals surface area contributed by atoms with Crippen LogP contribution >= 0.6 is 0 Å². The zero-order valence-electron chi connectivity index (χ0n) is 7.04. The predicted molar refractivity (Wildman–Crippen MR) is 42.9 cm³/mol. The quantitative estimate of drug-likeness (QED) is 0.678. The fourth-order valence-corrected chi connectivity index (χ4v) is 1.12. The van der Waals surface area contributed by atoms with Gasteiger partial charge in [0.15, 0.2) is 0 Å². The number of aryl methyl sites for hydroxylation is 1. The Morgan fingerprint density at radius 2 is 2.27 bits per heavy atom. The Balaban J connectivity index is 2.88. The molecule has 0 unspecified atom stereocenters. The van der Waals surface area contributed by atoms with Crippen molar-refractivity contribution >= 4 is 0 Å². The second-order valence-corrected chi connectivity index (χ2v) is 2.56. The van der Waals surface area contributed by atoms with Gasteiger partial charge in [0.05, 0.1) is 11.4 Å². The minimum atomic E-state index is 0.489. The van der Waals surface area contributed by atoms with E-state index < -0.39 is 0 Å². The molecule has 1 rings (SSSR count). The minimum absolute atomic E-state index is 0.489. The molecule has 0 bridgehead atoms. The van der Waals surface area contributed by atoms with Gasteiger partial charge in [0, 0.05) is 13.6 Å². The molecule has 0 saturated carbocycles. The summed E-state index contributed by atoms with van der Waals surface area (Å²) in [6.07, 6.45) is 2.12. The molecule has 1 heterocycles. The Kier molecular flexibility index (Phi) is 2.59. The van der Waals surface area contributed by atoms with Crippen LogP contribution in [0.15, 0.2) is 0 Å². The number of aromatic nitrogens is 3. The number of nitrogens with two attached hydrogens (primary N) is 1. The molecule has 1 aromatic rings. The standard InChI is InChI=1S/C7H14N4/c1-3-4-7-6(5-8)9-10-11(7)2/h3-5,8H2,1-2H3. The molecule has 0 aliphatic rings. The van der Waals surface area contributed by atoms with Crippen molar-refractivity contribution in [2.45, 2.75) is 26.3 Å². The van der Waals surface area contributed by atoms with Gasteiger partial charge < -0.3 is 5.73 Å². The molecule has 0 spiro atoms. The van der Waals surface area contributed by atoms with E-state index in [1.165, 1.54) is 0 Å². The van der Waals surface area contributed by atoms with Crippen LogP contribution in [0.2, 0.25) is 0 Å². The zero-order chi connectivity index (χ0) is 8.27. The number of hydrogen-bond acceptors (Lipinski definition) is 3. The first-order chi connectivity index (χ1) is 5.29. The van der Waals surface area contributed by atoms with Gasteiger partial charge in [0.1, 0.15) is 0 Å². The third-order valence-electron chi connectivity index (χ3n) is 1.70. The lowest BCUT2D eigenvalue weighted by molar-refractivity contribution is 0.669. The third kappa shape index (κ3) is 1.57. The summed E-state index contributed by atoms with van der Waals surface area (Å²) in [7, 11) is 1.90. The molecule has 0 amide bonds. The first-order valence-corrected chi connectivity index (χ1v) is 3.87. The van der Waals surface area contributed by atoms with Crippen LogP contribution in [-0.2, 0) is 20.0 Å². The summed E-state index contributed by atoms with van der Waals surface area (Å²) in [6.45, 7) is 2.62. The highest BCUT2D eigenvalue weighted by molar-refractivity contribution is 5.09. The maximum atomic E-state index is 5.48. The summed E-state index contributed by atoms with van der Waals surface area (Å²) in [5.74, 6) is 0. The van der Waals surface area contributed by atoms with Gasteiger partial charge in [-0.15, -0.1) is 5.10 Å². The van der Waals surface area contributed by atoms with E-state index in [0.29, 0.717) is 6.54 Å². The highest BCUT2D eigenvalue weighted by Gasteiger charge is 2.06. The van der Waals surface area contributed by atoms with Gasteiger partial charge in [-0.1, -0.05) is 18.6 Å². The van der Waals surface area contributed by atoms with Gasteiger partial charge in [-0.2, -0.15) is 0 Å². The molecular formula is C7H14N4. The Labute approximate surface area is 66.4 Å². The van der Waals surface area contributed by atoms with Gasteiger partial charge in [-0.05, 0) is 6.42 Å². The molecule has 4 heteroatoms. The lowest BCUT2D eigenvalue weighted by Crippen LogP contribution is -2.03. The fourth-order valence-electron chi connectivity index (χ4n) is 1.12. The average molecular weight is 154 g/mol. The molecule has 0 saturated heterocycles. The predicted octanol–water partition coefficient (Wildman–Crippen LogP) is 0.226. The number of hydrogen-bond donors (Lipinski definition) is 1. The van der Waals surface area contributed by atoms with Crippen LogP contribution in [-0.4, -0.2) is 15.0 Å². The number of rotatable bonds is 3. The Morgan fingerprint density at radius 1 is 1.55 bits per heavy atom. The molecule has 0 atom stereocenters. The molecule has 4 nitrogen and oxygen atoms in total. The number of nitrogens with zero attached hydrogens (tertiary/aromatic N) is 3. The molecule has 0 aliphatic carbocycles. The monoisotopic (exact) mass is 154 g/mol. The van der Waals surface area contributed by atoms with Crippen molar-refractivity contribution in [2.24, 2.45) is 12.8 Å². The third-order valence-corrected chi connectivity index (χ3v) is 1.70. The summed E-state index contributed by atoms with van der Waals surface area (Å²) in [5, 5.41) is 7.83. The van der Waals surface area contributed by atoms with Crippen LogP contribution in [0.25, 0.3) is 0 Å². The molecule has 0 aliphatic heterocycles. The van der Waals surface area contributed by atoms with Crippen molar-refractivity contribution in [2.75, 3.05) is 0 Å². The largest absolute Gasteiger partial charge is 0.325 e. The second-order valence-electron chi connectivity index (χ2n) is 2.56. The van der Waals surface area contributed by atoms with Crippen molar-refractivity contribution in [1.82, 2.24) is 15.0 Å². The lowest BCUT2D eigenvalue weighted by Gasteiger charge is -1.98. The normalized spacial score (nSPS) is 10.5. The van der Waals surface area contributed by atoms with Crippen LogP contribution in [0.1, 0.15) is 24.7 Å². The Hall–Kier alpha value is -0.900. The zero-order valence-corrected chi connectivity index (χ0v) is 7.04. The molecular weight excluding hydrogens is 140 g/mol. The van der Waals surface area contributed by atoms with Crippen molar-refractivity contribution in [1.29, 1.82) is 0 Å². The molecule has 1 aromatic heterocycles. The van der Waals surface area contributed by atoms with Gasteiger partial charge in [-0.3, -0.25) is 4.68 Å². The van der Waals surface area contributed by atoms with Crippen molar-refractivity contribution in [3.8, 4) is 0 Å². The van der Waals surface area contributed by atoms with E-state index in [9.17, 15) is 0 Å². The van der Waals surface area contributed by atoms with Crippen LogP contribution in [0.3, 0.4) is 0 Å². The van der Waals surface area contributed by atoms with E-state index >= 15 is 0 Å². The fraction of sp³-hybridized carbons (Fsp3) is 0.714. The van der Waals surface area contributed by atoms with Crippen molar-refractivity contribution in [3.63, 3.8) is 0 Å². The first-order valence-electron chi connectivity index (χ1n) is 3.87. The lowest BCUT2D eigenvalue weighted by atomic mass is 10.2. The molecule has 62 valence electrons. The van der Waals surface area contributed by atoms with Crippen LogP contribution in [0.4, 0.5) is 0 Å². The molecule has 0 fully saturated rings. The van der Waals surface area contributed by atoms with Gasteiger partial charge in [-0.25, -0.2) is 0 Å². The van der Waals surface area contributed by atoms with Crippen LogP contribution < -0.4 is 5.73 Å². The molecule has 11 heavy (non-hydrogen) atoms. The minimum Gasteiger partial charge on any atom is -0.325 e. The Bertz CT molecular complexity index is 228. The Morgan fingerprint density at radius 3 is 2.82 bits per heavy atom. The summed E-state index contributed by atoms with van der Waals surface area (Å²) in [5.41, 5.74) is 7.57. The van der Waals surface area contributed by atoms with Gasteiger partial charge in [0.25, 0.3) is 0 Å². The van der Waals surface area contributed by atoms with E-state index in [2.05, 4.69) is 17.2 Å². The van der Waals surface area contributed by atoms with E-state index in [1.807, 2.05) is 7.05 Å². The SMILES string of the molecule is CCCc1c(CN)nnn1C. The van der Waals surface area contributed by atoms with Gasteiger partial charge >= 0.3 is 0 Å². The average Bonchev–Trinajstić information content (AvgIpc) is 2.34. The topological polar surface area (TPSA) is 56.7 Å². The summed E-state index contributed by atoms with van der Waals surface area (Å²) in [4.78, 5) is 0. The van der Waals surface area contributed by atoms with Crippen molar-refractivity contribution < 1.29 is 0 Å². The van der Waals surface area contributed by atoms with E-state index in [4.69, 9.17) is 5.73 Å². The van der Waals surface area contributed by atoms with Gasteiger partial charge in [0.2, 0.25) is 0 Å². The molecule has 0 aromatic carbocycles. The first kappa shape index (κ1) is 8.20.